The molecule has 12 N–H and O–H groups in total. The van der Waals surface area contributed by atoms with Crippen molar-refractivity contribution >= 4 is 0 Å². The van der Waals surface area contributed by atoms with E-state index in [1.54, 1.807) is 6.07 Å². The second-order valence-electron chi connectivity index (χ2n) is 15.2. The Balaban J connectivity index is 1.29. The molecule has 308 valence electrons. The van der Waals surface area contributed by atoms with E-state index in [2.05, 4.69) is 0 Å². The van der Waals surface area contributed by atoms with Gasteiger partial charge in [0.2, 0.25) is 0 Å². The van der Waals surface area contributed by atoms with Gasteiger partial charge in [0, 0.05) is 52.6 Å². The van der Waals surface area contributed by atoms with Crippen LogP contribution in [0.2, 0.25) is 0 Å². The Hall–Kier alpha value is -7.20. The molecular weight excluding hydrogens is 780 g/mol. The van der Waals surface area contributed by atoms with Crippen molar-refractivity contribution in [2.45, 2.75) is 54.9 Å². The molecule has 0 radical (unpaired) electrons. The quantitative estimate of drug-likeness (QED) is 0.0981. The Morgan fingerprint density at radius 1 is 0.417 bits per heavy atom. The first-order valence-corrected chi connectivity index (χ1v) is 18.8. The summed E-state index contributed by atoms with van der Waals surface area (Å²) >= 11 is 0. The number of phenolic OH excluding ortho intramolecular Hbond substituents is 9. The van der Waals surface area contributed by atoms with E-state index in [-0.39, 0.29) is 68.5 Å². The first kappa shape index (κ1) is 38.3. The van der Waals surface area contributed by atoms with Crippen molar-refractivity contribution in [2.24, 2.45) is 0 Å². The average Bonchev–Trinajstić information content (AvgIpc) is 3.21. The van der Waals surface area contributed by atoms with Crippen LogP contribution in [0.15, 0.2) is 97.1 Å². The number of aromatic hydroxyl groups is 9. The first-order valence-electron chi connectivity index (χ1n) is 18.8. The Morgan fingerprint density at radius 3 is 1.35 bits per heavy atom. The minimum absolute atomic E-state index is 0.0175. The third-order valence-corrected chi connectivity index (χ3v) is 11.5. The molecule has 3 heterocycles. The standard InChI is InChI=1S/C45H38O15/c46-22-4-6-24-34(16-22)58-44(19-2-9-28(49)31(52)13-19)40(56)36(24)26-11-21-15-33(54)42(18-1-8-27(48)30(51)12-18)60-43(21)38(39(26)55)37-25-7-5-23(47)17-35(25)59-45(41(37)57)20-3-10-29(50)32(53)14-20/h1-14,16-17,33,36-37,40-42,44-57H,15H2/t33-,36?,37+,40+,41-,42?,44?,45?/m0/s1. The molecule has 0 saturated carbocycles. The highest BCUT2D eigenvalue weighted by Gasteiger charge is 2.47. The average molecular weight is 819 g/mol. The SMILES string of the molecule is Oc1ccc2c(c1)OC(c1ccc(O)c(O)c1)[C@H](O)C2c1cc2c(c([C@H]3c4ccc(O)cc4OC(c4ccc(O)c(O)c4)[C@H]3O)c1O)OC(c1ccc(O)c(O)c1)[C@@H](O)C2. The maximum atomic E-state index is 12.9. The number of hydrogen-bond acceptors (Lipinski definition) is 15. The van der Waals surface area contributed by atoms with Gasteiger partial charge in [-0.1, -0.05) is 30.3 Å². The summed E-state index contributed by atoms with van der Waals surface area (Å²) in [6.07, 6.45) is -8.25. The second kappa shape index (κ2) is 14.3. The fraction of sp³-hybridized carbons (Fsp3) is 0.200. The summed E-state index contributed by atoms with van der Waals surface area (Å²) in [7, 11) is 0. The van der Waals surface area contributed by atoms with Crippen LogP contribution in [0.1, 0.15) is 74.7 Å². The molecule has 0 aliphatic carbocycles. The number of hydrogen-bond donors (Lipinski definition) is 12. The van der Waals surface area contributed by atoms with Gasteiger partial charge in [-0.25, -0.2) is 0 Å². The molecule has 15 nitrogen and oxygen atoms in total. The third-order valence-electron chi connectivity index (χ3n) is 11.5. The van der Waals surface area contributed by atoms with Gasteiger partial charge in [0.05, 0.1) is 6.10 Å². The van der Waals surface area contributed by atoms with E-state index >= 15 is 0 Å². The maximum Gasteiger partial charge on any atom is 0.157 e. The number of aliphatic hydroxyl groups is 3. The molecule has 0 amide bonds. The largest absolute Gasteiger partial charge is 0.508 e. The van der Waals surface area contributed by atoms with Crippen LogP contribution in [0, 0.1) is 0 Å². The van der Waals surface area contributed by atoms with E-state index in [4.69, 9.17) is 14.2 Å². The smallest absolute Gasteiger partial charge is 0.157 e. The molecule has 0 fully saturated rings. The molecule has 0 aromatic heterocycles. The zero-order valence-corrected chi connectivity index (χ0v) is 31.2. The summed E-state index contributed by atoms with van der Waals surface area (Å²) in [5, 5.41) is 132. The van der Waals surface area contributed by atoms with Crippen LogP contribution in [0.5, 0.6) is 69.0 Å². The number of benzene rings is 6. The predicted molar refractivity (Wildman–Crippen MR) is 209 cm³/mol. The van der Waals surface area contributed by atoms with Crippen LogP contribution in [0.25, 0.3) is 0 Å². The summed E-state index contributed by atoms with van der Waals surface area (Å²) in [6.45, 7) is 0. The highest BCUT2D eigenvalue weighted by Crippen LogP contribution is 2.58. The van der Waals surface area contributed by atoms with Crippen LogP contribution >= 0.6 is 0 Å². The lowest BCUT2D eigenvalue weighted by Crippen LogP contribution is -2.38. The molecule has 0 saturated heterocycles. The molecule has 3 aliphatic rings. The van der Waals surface area contributed by atoms with Gasteiger partial charge >= 0.3 is 0 Å². The van der Waals surface area contributed by atoms with E-state index in [0.29, 0.717) is 11.1 Å². The lowest BCUT2D eigenvalue weighted by atomic mass is 9.74. The molecule has 9 rings (SSSR count). The normalized spacial score (nSPS) is 24.2. The Labute approximate surface area is 340 Å². The van der Waals surface area contributed by atoms with E-state index in [1.807, 2.05) is 0 Å². The van der Waals surface area contributed by atoms with Gasteiger partial charge in [0.1, 0.15) is 52.8 Å². The Kier molecular flexibility index (Phi) is 9.11. The monoisotopic (exact) mass is 818 g/mol. The number of phenols is 9. The van der Waals surface area contributed by atoms with Crippen molar-refractivity contribution in [1.82, 2.24) is 0 Å². The molecule has 3 aliphatic heterocycles. The van der Waals surface area contributed by atoms with Gasteiger partial charge < -0.3 is 75.5 Å². The molecule has 8 atom stereocenters. The van der Waals surface area contributed by atoms with Crippen molar-refractivity contribution in [3.05, 3.63) is 142 Å². The topological polar surface area (TPSA) is 270 Å². The molecule has 60 heavy (non-hydrogen) atoms. The second-order valence-corrected chi connectivity index (χ2v) is 15.2. The van der Waals surface area contributed by atoms with Crippen LogP contribution in [0.3, 0.4) is 0 Å². The van der Waals surface area contributed by atoms with Crippen LogP contribution < -0.4 is 14.2 Å². The summed E-state index contributed by atoms with van der Waals surface area (Å²) in [5.41, 5.74) is 1.68. The molecule has 0 bridgehead atoms. The lowest BCUT2D eigenvalue weighted by Gasteiger charge is -2.42. The van der Waals surface area contributed by atoms with E-state index in [0.717, 1.165) is 0 Å². The van der Waals surface area contributed by atoms with Crippen LogP contribution in [-0.4, -0.2) is 79.6 Å². The fourth-order valence-electron chi connectivity index (χ4n) is 8.66. The number of fused-ring (bicyclic) bond motifs is 3. The van der Waals surface area contributed by atoms with Crippen molar-refractivity contribution in [1.29, 1.82) is 0 Å². The summed E-state index contributed by atoms with van der Waals surface area (Å²) in [6, 6.07) is 21.5. The van der Waals surface area contributed by atoms with Crippen molar-refractivity contribution in [2.75, 3.05) is 0 Å². The fourth-order valence-corrected chi connectivity index (χ4v) is 8.66. The summed E-state index contributed by atoms with van der Waals surface area (Å²) < 4.78 is 19.0. The van der Waals surface area contributed by atoms with Gasteiger partial charge in [-0.2, -0.15) is 0 Å². The molecule has 4 unspecified atom stereocenters. The van der Waals surface area contributed by atoms with Crippen molar-refractivity contribution < 1.29 is 75.5 Å². The molecule has 15 heteroatoms. The maximum absolute atomic E-state index is 12.9. The van der Waals surface area contributed by atoms with Crippen molar-refractivity contribution in [3.63, 3.8) is 0 Å². The molecular formula is C45H38O15. The van der Waals surface area contributed by atoms with Crippen LogP contribution in [0.4, 0.5) is 0 Å². The van der Waals surface area contributed by atoms with Gasteiger partial charge in [0.25, 0.3) is 0 Å². The van der Waals surface area contributed by atoms with Crippen LogP contribution in [-0.2, 0) is 6.42 Å². The number of ether oxygens (including phenoxy) is 3. The van der Waals surface area contributed by atoms with Crippen molar-refractivity contribution in [3.8, 4) is 69.0 Å². The number of rotatable bonds is 5. The highest BCUT2D eigenvalue weighted by atomic mass is 16.5. The first-order chi connectivity index (χ1) is 28.7. The molecule has 0 spiro atoms. The highest BCUT2D eigenvalue weighted by molar-refractivity contribution is 5.65. The van der Waals surface area contributed by atoms with Gasteiger partial charge in [-0.15, -0.1) is 0 Å². The predicted octanol–water partition coefficient (Wildman–Crippen LogP) is 5.33. The Morgan fingerprint density at radius 2 is 0.867 bits per heavy atom. The lowest BCUT2D eigenvalue weighted by molar-refractivity contribution is 0.000959. The van der Waals surface area contributed by atoms with Gasteiger partial charge in [-0.05, 0) is 76.9 Å². The minimum atomic E-state index is -1.60. The van der Waals surface area contributed by atoms with Gasteiger partial charge in [0.15, 0.2) is 46.7 Å². The minimum Gasteiger partial charge on any atom is -0.508 e. The molecule has 6 aromatic rings. The van der Waals surface area contributed by atoms with E-state index in [1.165, 1.54) is 91.0 Å². The van der Waals surface area contributed by atoms with E-state index in [9.17, 15) is 61.3 Å². The Bertz CT molecular complexity index is 2680. The van der Waals surface area contributed by atoms with Gasteiger partial charge in [-0.3, -0.25) is 0 Å². The third kappa shape index (κ3) is 6.27. The zero-order chi connectivity index (χ0) is 42.3. The zero-order valence-electron chi connectivity index (χ0n) is 31.2. The summed E-state index contributed by atoms with van der Waals surface area (Å²) in [5.74, 6) is -5.79. The van der Waals surface area contributed by atoms with E-state index < -0.39 is 88.7 Å². The molecule has 6 aromatic carbocycles. The number of aliphatic hydroxyl groups excluding tert-OH is 3. The summed E-state index contributed by atoms with van der Waals surface area (Å²) in [4.78, 5) is 0.